The number of carbonyl (C=O) groups excluding carboxylic acids is 1. The van der Waals surface area contributed by atoms with Gasteiger partial charge in [-0.05, 0) is 0 Å². The third-order valence-corrected chi connectivity index (χ3v) is 1.41. The molecule has 0 saturated heterocycles. The molecule has 7 heteroatoms. The van der Waals surface area contributed by atoms with Crippen molar-refractivity contribution in [1.82, 2.24) is 20.1 Å². The molecule has 0 saturated carbocycles. The van der Waals surface area contributed by atoms with Crippen LogP contribution < -0.4 is 5.32 Å². The Labute approximate surface area is 73.4 Å². The van der Waals surface area contributed by atoms with Gasteiger partial charge in [0.25, 0.3) is 0 Å². The monoisotopic (exact) mass is 184 g/mol. The number of amides is 1. The molecule has 0 bridgehead atoms. The minimum Gasteiger partial charge on any atom is -0.474 e. The van der Waals surface area contributed by atoms with Gasteiger partial charge in [0.2, 0.25) is 0 Å². The summed E-state index contributed by atoms with van der Waals surface area (Å²) in [7, 11) is 1.70. The molecule has 2 N–H and O–H groups in total. The minimum absolute atomic E-state index is 0.0572. The lowest BCUT2D eigenvalue weighted by molar-refractivity contribution is -0.150. The van der Waals surface area contributed by atoms with E-state index < -0.39 is 11.9 Å². The summed E-state index contributed by atoms with van der Waals surface area (Å²) in [5.74, 6) is -2.07. The van der Waals surface area contributed by atoms with Crippen molar-refractivity contribution in [3.8, 4) is 0 Å². The molecule has 0 spiro atoms. The lowest BCUT2D eigenvalue weighted by atomic mass is 10.5. The van der Waals surface area contributed by atoms with Gasteiger partial charge in [0.15, 0.2) is 5.82 Å². The fourth-order valence-electron chi connectivity index (χ4n) is 0.702. The molecule has 1 aromatic heterocycles. The van der Waals surface area contributed by atoms with Crippen LogP contribution in [-0.4, -0.2) is 31.7 Å². The van der Waals surface area contributed by atoms with E-state index in [1.165, 1.54) is 6.33 Å². The van der Waals surface area contributed by atoms with Crippen molar-refractivity contribution in [3.05, 3.63) is 12.2 Å². The largest absolute Gasteiger partial charge is 0.474 e. The Bertz CT molecular complexity index is 332. The molecule has 1 amide bonds. The van der Waals surface area contributed by atoms with Crippen LogP contribution in [0.5, 0.6) is 0 Å². The Morgan fingerprint density at radius 3 is 2.85 bits per heavy atom. The predicted octanol–water partition coefficient (Wildman–Crippen LogP) is -1.48. The van der Waals surface area contributed by atoms with Crippen LogP contribution in [0.1, 0.15) is 5.82 Å². The van der Waals surface area contributed by atoms with E-state index in [0.717, 1.165) is 0 Å². The molecule has 0 fully saturated rings. The Morgan fingerprint density at radius 1 is 1.69 bits per heavy atom. The smallest absolute Gasteiger partial charge is 0.394 e. The molecular formula is C6H8N4O3. The van der Waals surface area contributed by atoms with Crippen LogP contribution in [0.25, 0.3) is 0 Å². The second kappa shape index (κ2) is 3.65. The van der Waals surface area contributed by atoms with Gasteiger partial charge in [0, 0.05) is 7.05 Å². The molecule has 1 aromatic rings. The topological polar surface area (TPSA) is 97.1 Å². The first-order valence-electron chi connectivity index (χ1n) is 3.45. The molecule has 0 radical (unpaired) electrons. The molecule has 0 aromatic carbocycles. The highest BCUT2D eigenvalue weighted by molar-refractivity contribution is 6.31. The first-order chi connectivity index (χ1) is 6.11. The zero-order valence-corrected chi connectivity index (χ0v) is 6.89. The summed E-state index contributed by atoms with van der Waals surface area (Å²) in [5.41, 5.74) is 0. The van der Waals surface area contributed by atoms with E-state index in [0.29, 0.717) is 5.82 Å². The van der Waals surface area contributed by atoms with Crippen molar-refractivity contribution in [2.45, 2.75) is 6.54 Å². The number of carbonyl (C=O) groups is 2. The molecule has 1 heterocycles. The first-order valence-corrected chi connectivity index (χ1v) is 3.45. The Kier molecular flexibility index (Phi) is 2.58. The number of hydrogen-bond donors (Lipinski definition) is 2. The van der Waals surface area contributed by atoms with E-state index in [2.05, 4.69) is 15.5 Å². The number of carboxylic acids is 1. The summed E-state index contributed by atoms with van der Waals surface area (Å²) >= 11 is 0. The summed E-state index contributed by atoms with van der Waals surface area (Å²) in [6.07, 6.45) is 1.46. The highest BCUT2D eigenvalue weighted by atomic mass is 16.4. The minimum atomic E-state index is -1.51. The number of aromatic nitrogens is 3. The summed E-state index contributed by atoms with van der Waals surface area (Å²) in [6.45, 7) is 0.0572. The Morgan fingerprint density at radius 2 is 2.38 bits per heavy atom. The van der Waals surface area contributed by atoms with Gasteiger partial charge in [-0.3, -0.25) is 4.79 Å². The summed E-state index contributed by atoms with van der Waals surface area (Å²) < 4.78 is 1.59. The standard InChI is InChI=1S/C6H8N4O3/c1-10-3-8-9-4(10)2-7-5(11)6(12)13/h3H,2H2,1H3,(H,7,11)(H,12,13). The van der Waals surface area contributed by atoms with Crippen molar-refractivity contribution in [2.75, 3.05) is 0 Å². The maximum atomic E-state index is 10.6. The average Bonchev–Trinajstić information content (AvgIpc) is 2.47. The highest BCUT2D eigenvalue weighted by Crippen LogP contribution is 1.89. The second-order valence-electron chi connectivity index (χ2n) is 2.35. The second-order valence-corrected chi connectivity index (χ2v) is 2.35. The van der Waals surface area contributed by atoms with E-state index in [1.54, 1.807) is 11.6 Å². The number of nitrogens with one attached hydrogen (secondary N) is 1. The third-order valence-electron chi connectivity index (χ3n) is 1.41. The van der Waals surface area contributed by atoms with Crippen LogP contribution in [0, 0.1) is 0 Å². The van der Waals surface area contributed by atoms with E-state index in [9.17, 15) is 9.59 Å². The predicted molar refractivity (Wildman–Crippen MR) is 40.5 cm³/mol. The fourth-order valence-corrected chi connectivity index (χ4v) is 0.702. The summed E-state index contributed by atoms with van der Waals surface area (Å²) in [4.78, 5) is 20.7. The number of aliphatic carboxylic acids is 1. The molecule has 0 aliphatic heterocycles. The third kappa shape index (κ3) is 2.26. The van der Waals surface area contributed by atoms with Gasteiger partial charge >= 0.3 is 11.9 Å². The average molecular weight is 184 g/mol. The summed E-state index contributed by atoms with van der Waals surface area (Å²) in [6, 6.07) is 0. The lowest BCUT2D eigenvalue weighted by Crippen LogP contribution is -2.30. The maximum absolute atomic E-state index is 10.6. The molecule has 1 rings (SSSR count). The lowest BCUT2D eigenvalue weighted by Gasteiger charge is -2.00. The van der Waals surface area contributed by atoms with E-state index in [1.807, 2.05) is 0 Å². The molecule has 0 atom stereocenters. The van der Waals surface area contributed by atoms with Crippen LogP contribution in [0.3, 0.4) is 0 Å². The SMILES string of the molecule is Cn1cnnc1CNC(=O)C(=O)O. The van der Waals surface area contributed by atoms with Crippen molar-refractivity contribution < 1.29 is 14.7 Å². The van der Waals surface area contributed by atoms with Gasteiger partial charge in [-0.15, -0.1) is 10.2 Å². The molecule has 0 aliphatic carbocycles. The van der Waals surface area contributed by atoms with Crippen molar-refractivity contribution in [2.24, 2.45) is 7.05 Å². The normalized spacial score (nSPS) is 9.62. The fraction of sp³-hybridized carbons (Fsp3) is 0.333. The maximum Gasteiger partial charge on any atom is 0.394 e. The van der Waals surface area contributed by atoms with Crippen LogP contribution in [0.15, 0.2) is 6.33 Å². The van der Waals surface area contributed by atoms with Crippen LogP contribution in [0.4, 0.5) is 0 Å². The zero-order valence-electron chi connectivity index (χ0n) is 6.89. The molecule has 7 nitrogen and oxygen atoms in total. The van der Waals surface area contributed by atoms with E-state index in [-0.39, 0.29) is 6.54 Å². The van der Waals surface area contributed by atoms with Gasteiger partial charge in [0.05, 0.1) is 6.54 Å². The van der Waals surface area contributed by atoms with Crippen molar-refractivity contribution in [3.63, 3.8) is 0 Å². The van der Waals surface area contributed by atoms with Gasteiger partial charge in [0.1, 0.15) is 6.33 Å². The number of hydrogen-bond acceptors (Lipinski definition) is 4. The van der Waals surface area contributed by atoms with E-state index in [4.69, 9.17) is 5.11 Å². The van der Waals surface area contributed by atoms with Crippen molar-refractivity contribution >= 4 is 11.9 Å². The molecule has 0 unspecified atom stereocenters. The molecule has 70 valence electrons. The molecular weight excluding hydrogens is 176 g/mol. The Balaban J connectivity index is 2.48. The van der Waals surface area contributed by atoms with E-state index >= 15 is 0 Å². The van der Waals surface area contributed by atoms with Crippen LogP contribution in [0.2, 0.25) is 0 Å². The number of nitrogens with zero attached hydrogens (tertiary/aromatic N) is 3. The molecule has 13 heavy (non-hydrogen) atoms. The highest BCUT2D eigenvalue weighted by Gasteiger charge is 2.11. The summed E-state index contributed by atoms with van der Waals surface area (Å²) in [5, 5.41) is 17.6. The van der Waals surface area contributed by atoms with Gasteiger partial charge in [-0.1, -0.05) is 0 Å². The zero-order chi connectivity index (χ0) is 9.84. The van der Waals surface area contributed by atoms with Crippen LogP contribution in [-0.2, 0) is 23.2 Å². The number of aryl methyl sites for hydroxylation is 1. The van der Waals surface area contributed by atoms with Gasteiger partial charge in [-0.25, -0.2) is 4.79 Å². The quantitative estimate of drug-likeness (QED) is 0.546. The number of rotatable bonds is 2. The van der Waals surface area contributed by atoms with Crippen molar-refractivity contribution in [1.29, 1.82) is 0 Å². The molecule has 0 aliphatic rings. The van der Waals surface area contributed by atoms with Crippen LogP contribution >= 0.6 is 0 Å². The Hall–Kier alpha value is -1.92. The first kappa shape index (κ1) is 9.17. The number of carboxylic acid groups (broad SMARTS) is 1. The van der Waals surface area contributed by atoms with Gasteiger partial charge in [-0.2, -0.15) is 0 Å². The van der Waals surface area contributed by atoms with Gasteiger partial charge < -0.3 is 15.0 Å².